The Morgan fingerprint density at radius 2 is 0.889 bits per heavy atom. The minimum absolute atomic E-state index is 0.0521. The van der Waals surface area contributed by atoms with Gasteiger partial charge in [0.1, 0.15) is 0 Å². The van der Waals surface area contributed by atoms with Gasteiger partial charge < -0.3 is 15.5 Å². The maximum atomic E-state index is 12.2. The zero-order chi connectivity index (χ0) is 26.5. The summed E-state index contributed by atoms with van der Waals surface area (Å²) in [4.78, 5) is 26.1. The summed E-state index contributed by atoms with van der Waals surface area (Å²) in [6.45, 7) is 9.63. The van der Waals surface area contributed by atoms with Gasteiger partial charge in [0.2, 0.25) is 5.91 Å². The molecule has 0 fully saturated rings. The fourth-order valence-electron chi connectivity index (χ4n) is 4.68. The van der Waals surface area contributed by atoms with E-state index in [1.54, 1.807) is 0 Å². The minimum atomic E-state index is -0.0521. The van der Waals surface area contributed by atoms with Crippen LogP contribution in [-0.2, 0) is 4.79 Å². The summed E-state index contributed by atoms with van der Waals surface area (Å²) < 4.78 is 0. The smallest absolute Gasteiger partial charge is 0.314 e. The molecule has 36 heavy (non-hydrogen) atoms. The van der Waals surface area contributed by atoms with Gasteiger partial charge in [0.05, 0.1) is 0 Å². The highest BCUT2D eigenvalue weighted by Crippen LogP contribution is 2.13. The van der Waals surface area contributed by atoms with E-state index in [1.807, 2.05) is 4.90 Å². The molecule has 0 aromatic heterocycles. The van der Waals surface area contributed by atoms with Crippen molar-refractivity contribution in [3.63, 3.8) is 0 Å². The molecule has 214 valence electrons. The summed E-state index contributed by atoms with van der Waals surface area (Å²) in [5.41, 5.74) is 0. The van der Waals surface area contributed by atoms with Crippen LogP contribution in [0.25, 0.3) is 0 Å². The number of carbonyl (C=O) groups excluding carboxylic acids is 2. The van der Waals surface area contributed by atoms with Crippen LogP contribution >= 0.6 is 0 Å². The summed E-state index contributed by atoms with van der Waals surface area (Å²) in [5.74, 6) is 0.274. The van der Waals surface area contributed by atoms with Crippen molar-refractivity contribution in [2.24, 2.45) is 0 Å². The van der Waals surface area contributed by atoms with E-state index in [0.717, 1.165) is 58.2 Å². The normalized spacial score (nSPS) is 11.0. The molecule has 0 heterocycles. The fourth-order valence-corrected chi connectivity index (χ4v) is 4.68. The Morgan fingerprint density at radius 3 is 1.31 bits per heavy atom. The molecule has 0 aromatic rings. The third-order valence-corrected chi connectivity index (χ3v) is 7.18. The van der Waals surface area contributed by atoms with Gasteiger partial charge in [-0.15, -0.1) is 0 Å². The number of nitrogens with zero attached hydrogens (tertiary/aromatic N) is 1. The van der Waals surface area contributed by atoms with E-state index in [-0.39, 0.29) is 11.9 Å². The highest BCUT2D eigenvalue weighted by atomic mass is 16.2. The monoisotopic (exact) mass is 509 g/mol. The van der Waals surface area contributed by atoms with Gasteiger partial charge in [0.15, 0.2) is 0 Å². The van der Waals surface area contributed by atoms with Crippen molar-refractivity contribution >= 4 is 11.9 Å². The van der Waals surface area contributed by atoms with Crippen LogP contribution < -0.4 is 10.6 Å². The van der Waals surface area contributed by atoms with Crippen LogP contribution in [0.1, 0.15) is 162 Å². The summed E-state index contributed by atoms with van der Waals surface area (Å²) in [6, 6.07) is -0.0521. The summed E-state index contributed by atoms with van der Waals surface area (Å²) in [6.07, 6.45) is 27.5. The lowest BCUT2D eigenvalue weighted by atomic mass is 10.0. The van der Waals surface area contributed by atoms with Crippen molar-refractivity contribution < 1.29 is 9.59 Å². The summed E-state index contributed by atoms with van der Waals surface area (Å²) in [5, 5.41) is 5.91. The minimum Gasteiger partial charge on any atom is -0.343 e. The molecule has 5 nitrogen and oxygen atoms in total. The second-order valence-corrected chi connectivity index (χ2v) is 10.6. The largest absolute Gasteiger partial charge is 0.343 e. The first-order valence-corrected chi connectivity index (χ1v) is 15.9. The molecule has 0 atom stereocenters. The number of hydrogen-bond donors (Lipinski definition) is 2. The van der Waals surface area contributed by atoms with E-state index in [9.17, 15) is 9.59 Å². The Morgan fingerprint density at radius 1 is 0.500 bits per heavy atom. The van der Waals surface area contributed by atoms with Crippen LogP contribution in [0.15, 0.2) is 0 Å². The Bertz CT molecular complexity index is 484. The zero-order valence-corrected chi connectivity index (χ0v) is 24.6. The molecule has 3 amide bonds. The first-order valence-electron chi connectivity index (χ1n) is 15.9. The molecule has 0 unspecified atom stereocenters. The van der Waals surface area contributed by atoms with Crippen LogP contribution in [-0.4, -0.2) is 43.0 Å². The van der Waals surface area contributed by atoms with Crippen molar-refractivity contribution in [3.05, 3.63) is 0 Å². The van der Waals surface area contributed by atoms with Crippen molar-refractivity contribution in [2.75, 3.05) is 26.2 Å². The molecule has 0 saturated heterocycles. The summed E-state index contributed by atoms with van der Waals surface area (Å²) in [7, 11) is 0. The van der Waals surface area contributed by atoms with Gasteiger partial charge in [-0.1, -0.05) is 123 Å². The molecule has 0 spiro atoms. The highest BCUT2D eigenvalue weighted by Gasteiger charge is 2.10. The van der Waals surface area contributed by atoms with Gasteiger partial charge in [-0.25, -0.2) is 4.79 Å². The number of urea groups is 1. The predicted octanol–water partition coefficient (Wildman–Crippen LogP) is 8.76. The van der Waals surface area contributed by atoms with Crippen molar-refractivity contribution in [2.45, 2.75) is 162 Å². The quantitative estimate of drug-likeness (QED) is 0.109. The van der Waals surface area contributed by atoms with Gasteiger partial charge >= 0.3 is 6.03 Å². The number of carbonyl (C=O) groups is 2. The van der Waals surface area contributed by atoms with Gasteiger partial charge in [0.25, 0.3) is 0 Å². The Kier molecular flexibility index (Phi) is 27.3. The second-order valence-electron chi connectivity index (χ2n) is 10.6. The van der Waals surface area contributed by atoms with Crippen molar-refractivity contribution in [3.8, 4) is 0 Å². The molecule has 0 aliphatic rings. The Hall–Kier alpha value is -1.26. The van der Waals surface area contributed by atoms with Crippen LogP contribution in [0.2, 0.25) is 0 Å². The molecule has 0 rings (SSSR count). The molecular formula is C31H63N3O2. The lowest BCUT2D eigenvalue weighted by molar-refractivity contribution is -0.131. The molecule has 0 radical (unpaired) electrons. The van der Waals surface area contributed by atoms with Gasteiger partial charge in [-0.2, -0.15) is 0 Å². The van der Waals surface area contributed by atoms with Crippen molar-refractivity contribution in [1.82, 2.24) is 15.5 Å². The highest BCUT2D eigenvalue weighted by molar-refractivity contribution is 5.76. The van der Waals surface area contributed by atoms with E-state index in [0.29, 0.717) is 13.0 Å². The predicted molar refractivity (Wildman–Crippen MR) is 157 cm³/mol. The zero-order valence-electron chi connectivity index (χ0n) is 24.6. The van der Waals surface area contributed by atoms with Crippen LogP contribution in [0.4, 0.5) is 4.79 Å². The molecule has 0 aliphatic heterocycles. The maximum Gasteiger partial charge on any atom is 0.314 e. The molecular weight excluding hydrogens is 446 g/mol. The SMILES string of the molecule is CCCCCCCCCCCCCCCCCCNC(=O)NCCCCCC(=O)N(CC)CCCC. The average Bonchev–Trinajstić information content (AvgIpc) is 2.88. The third kappa shape index (κ3) is 24.4. The van der Waals surface area contributed by atoms with Gasteiger partial charge in [-0.05, 0) is 32.6 Å². The topological polar surface area (TPSA) is 61.4 Å². The third-order valence-electron chi connectivity index (χ3n) is 7.18. The Balaban J connectivity index is 3.32. The molecule has 0 aliphatic carbocycles. The maximum absolute atomic E-state index is 12.2. The van der Waals surface area contributed by atoms with Crippen LogP contribution in [0.3, 0.4) is 0 Å². The number of hydrogen-bond acceptors (Lipinski definition) is 2. The van der Waals surface area contributed by atoms with Gasteiger partial charge in [-0.3, -0.25) is 4.79 Å². The van der Waals surface area contributed by atoms with E-state index in [4.69, 9.17) is 0 Å². The average molecular weight is 510 g/mol. The lowest BCUT2D eigenvalue weighted by Gasteiger charge is -2.20. The van der Waals surface area contributed by atoms with E-state index < -0.39 is 0 Å². The lowest BCUT2D eigenvalue weighted by Crippen LogP contribution is -2.36. The number of rotatable bonds is 27. The Labute approximate surface area is 225 Å². The van der Waals surface area contributed by atoms with E-state index in [1.165, 1.54) is 96.3 Å². The van der Waals surface area contributed by atoms with E-state index >= 15 is 0 Å². The van der Waals surface area contributed by atoms with Crippen LogP contribution in [0.5, 0.6) is 0 Å². The van der Waals surface area contributed by atoms with E-state index in [2.05, 4.69) is 31.4 Å². The number of unbranched alkanes of at least 4 members (excludes halogenated alkanes) is 18. The number of nitrogens with one attached hydrogen (secondary N) is 2. The molecule has 0 bridgehead atoms. The second kappa shape index (κ2) is 28.3. The van der Waals surface area contributed by atoms with Gasteiger partial charge in [0, 0.05) is 32.6 Å². The van der Waals surface area contributed by atoms with Crippen molar-refractivity contribution in [1.29, 1.82) is 0 Å². The number of amides is 3. The summed E-state index contributed by atoms with van der Waals surface area (Å²) >= 11 is 0. The first-order chi connectivity index (χ1) is 17.7. The molecule has 5 heteroatoms. The fraction of sp³-hybridized carbons (Fsp3) is 0.935. The molecule has 0 saturated carbocycles. The van der Waals surface area contributed by atoms with Crippen LogP contribution in [0, 0.1) is 0 Å². The first kappa shape index (κ1) is 34.7. The molecule has 2 N–H and O–H groups in total. The molecule has 0 aromatic carbocycles. The standard InChI is InChI=1S/C31H63N3O2/c1-4-7-9-10-11-12-13-14-15-16-17-18-19-20-21-24-27-32-31(36)33-28-25-22-23-26-30(35)34(6-3)29-8-5-2/h4-29H2,1-3H3,(H2,32,33,36).